The van der Waals surface area contributed by atoms with Gasteiger partial charge >= 0.3 is 0 Å². The highest BCUT2D eigenvalue weighted by Gasteiger charge is 2.27. The van der Waals surface area contributed by atoms with Crippen molar-refractivity contribution < 1.29 is 8.42 Å². The molecule has 4 heteroatoms. The van der Waals surface area contributed by atoms with Gasteiger partial charge in [-0.2, -0.15) is 0 Å². The Morgan fingerprint density at radius 3 is 2.30 bits per heavy atom. The lowest BCUT2D eigenvalue weighted by atomic mass is 9.94. The van der Waals surface area contributed by atoms with Crippen molar-refractivity contribution in [1.29, 1.82) is 0 Å². The summed E-state index contributed by atoms with van der Waals surface area (Å²) in [6.45, 7) is 3.18. The summed E-state index contributed by atoms with van der Waals surface area (Å²) in [6.07, 6.45) is 4.91. The Kier molecular flexibility index (Phi) is 5.22. The number of benzene rings is 1. The molecular weight excluding hydrogens is 270 g/mol. The first-order chi connectivity index (χ1) is 9.47. The second-order valence-electron chi connectivity index (χ2n) is 6.02. The Hall–Kier alpha value is -0.870. The van der Waals surface area contributed by atoms with E-state index in [-0.39, 0.29) is 5.25 Å². The molecule has 1 aliphatic rings. The minimum atomic E-state index is -2.85. The molecule has 1 saturated carbocycles. The molecule has 1 atom stereocenters. The van der Waals surface area contributed by atoms with Gasteiger partial charge in [0.1, 0.15) is 9.84 Å². The minimum absolute atomic E-state index is 0.118. The quantitative estimate of drug-likeness (QED) is 0.908. The van der Waals surface area contributed by atoms with Gasteiger partial charge in [0.05, 0.1) is 5.25 Å². The van der Waals surface area contributed by atoms with Gasteiger partial charge in [0.15, 0.2) is 0 Å². The van der Waals surface area contributed by atoms with Crippen LogP contribution in [0.5, 0.6) is 0 Å². The van der Waals surface area contributed by atoms with E-state index in [1.54, 1.807) is 0 Å². The molecule has 0 saturated heterocycles. The summed E-state index contributed by atoms with van der Waals surface area (Å²) in [5, 5.41) is 3.48. The van der Waals surface area contributed by atoms with Crippen LogP contribution >= 0.6 is 0 Å². The molecule has 0 unspecified atom stereocenters. The molecule has 1 aromatic carbocycles. The molecule has 0 amide bonds. The van der Waals surface area contributed by atoms with Gasteiger partial charge in [-0.15, -0.1) is 0 Å². The van der Waals surface area contributed by atoms with E-state index in [9.17, 15) is 8.42 Å². The SMILES string of the molecule is C[C@@H](CNC1CCC(S(C)(=O)=O)CC1)c1ccccc1. The van der Waals surface area contributed by atoms with Gasteiger partial charge < -0.3 is 5.32 Å². The number of hydrogen-bond donors (Lipinski definition) is 1. The van der Waals surface area contributed by atoms with Gasteiger partial charge in [0, 0.05) is 18.8 Å². The van der Waals surface area contributed by atoms with Crippen molar-refractivity contribution in [2.24, 2.45) is 0 Å². The van der Waals surface area contributed by atoms with E-state index < -0.39 is 9.84 Å². The lowest BCUT2D eigenvalue weighted by Gasteiger charge is -2.29. The molecule has 20 heavy (non-hydrogen) atoms. The van der Waals surface area contributed by atoms with Gasteiger partial charge in [0.25, 0.3) is 0 Å². The van der Waals surface area contributed by atoms with Crippen LogP contribution in [0.1, 0.15) is 44.1 Å². The van der Waals surface area contributed by atoms with E-state index in [1.165, 1.54) is 11.8 Å². The molecule has 0 aromatic heterocycles. The zero-order valence-electron chi connectivity index (χ0n) is 12.4. The van der Waals surface area contributed by atoms with E-state index in [2.05, 4.69) is 36.5 Å². The molecule has 1 aromatic rings. The normalized spacial score (nSPS) is 25.3. The first-order valence-electron chi connectivity index (χ1n) is 7.44. The van der Waals surface area contributed by atoms with Crippen molar-refractivity contribution in [2.75, 3.05) is 12.8 Å². The fourth-order valence-corrected chi connectivity index (χ4v) is 4.07. The molecule has 1 aliphatic carbocycles. The van der Waals surface area contributed by atoms with Crippen LogP contribution in [0.25, 0.3) is 0 Å². The van der Waals surface area contributed by atoms with Gasteiger partial charge in [-0.3, -0.25) is 0 Å². The molecule has 112 valence electrons. The van der Waals surface area contributed by atoms with Crippen molar-refractivity contribution in [3.8, 4) is 0 Å². The van der Waals surface area contributed by atoms with Crippen LogP contribution in [0.3, 0.4) is 0 Å². The van der Waals surface area contributed by atoms with Crippen LogP contribution in [-0.2, 0) is 9.84 Å². The summed E-state index contributed by atoms with van der Waals surface area (Å²) in [5.74, 6) is 0.490. The molecule has 2 rings (SSSR count). The molecule has 3 nitrogen and oxygen atoms in total. The van der Waals surface area contributed by atoms with E-state index >= 15 is 0 Å². The van der Waals surface area contributed by atoms with Crippen molar-refractivity contribution in [1.82, 2.24) is 5.32 Å². The molecule has 0 spiro atoms. The summed E-state index contributed by atoms with van der Waals surface area (Å²) < 4.78 is 23.0. The Morgan fingerprint density at radius 2 is 1.75 bits per heavy atom. The fourth-order valence-electron chi connectivity index (χ4n) is 2.94. The highest BCUT2D eigenvalue weighted by Crippen LogP contribution is 2.24. The molecule has 1 N–H and O–H groups in total. The monoisotopic (exact) mass is 295 g/mol. The van der Waals surface area contributed by atoms with E-state index in [0.29, 0.717) is 12.0 Å². The van der Waals surface area contributed by atoms with Crippen LogP contribution in [0.4, 0.5) is 0 Å². The lowest BCUT2D eigenvalue weighted by Crippen LogP contribution is -2.38. The zero-order chi connectivity index (χ0) is 14.6. The molecule has 0 bridgehead atoms. The number of sulfone groups is 1. The van der Waals surface area contributed by atoms with Crippen LogP contribution in [-0.4, -0.2) is 32.5 Å². The third-order valence-electron chi connectivity index (χ3n) is 4.36. The molecule has 0 radical (unpaired) electrons. The van der Waals surface area contributed by atoms with Crippen LogP contribution < -0.4 is 5.32 Å². The summed E-state index contributed by atoms with van der Waals surface area (Å²) in [5.41, 5.74) is 1.35. The van der Waals surface area contributed by atoms with Crippen molar-refractivity contribution in [3.05, 3.63) is 35.9 Å². The van der Waals surface area contributed by atoms with Crippen molar-refractivity contribution >= 4 is 9.84 Å². The molecule has 0 aliphatic heterocycles. The standard InChI is InChI=1S/C16H25NO2S/c1-13(14-6-4-3-5-7-14)12-17-15-8-10-16(11-9-15)20(2,18)19/h3-7,13,15-17H,8-12H2,1-2H3/t13-,15?,16?/m0/s1. The highest BCUT2D eigenvalue weighted by molar-refractivity contribution is 7.91. The van der Waals surface area contributed by atoms with Gasteiger partial charge in [-0.05, 0) is 37.2 Å². The van der Waals surface area contributed by atoms with Crippen LogP contribution in [0.15, 0.2) is 30.3 Å². The largest absolute Gasteiger partial charge is 0.313 e. The van der Waals surface area contributed by atoms with Gasteiger partial charge in [-0.1, -0.05) is 37.3 Å². The summed E-state index contributed by atoms with van der Waals surface area (Å²) in [6, 6.07) is 11.0. The minimum Gasteiger partial charge on any atom is -0.313 e. The first-order valence-corrected chi connectivity index (χ1v) is 9.39. The third kappa shape index (κ3) is 4.32. The van der Waals surface area contributed by atoms with E-state index in [0.717, 1.165) is 32.2 Å². The fraction of sp³-hybridized carbons (Fsp3) is 0.625. The van der Waals surface area contributed by atoms with Gasteiger partial charge in [0.2, 0.25) is 0 Å². The lowest BCUT2D eigenvalue weighted by molar-refractivity contribution is 0.366. The first kappa shape index (κ1) is 15.5. The van der Waals surface area contributed by atoms with E-state index in [4.69, 9.17) is 0 Å². The predicted octanol–water partition coefficient (Wildman–Crippen LogP) is 2.74. The van der Waals surface area contributed by atoms with Crippen molar-refractivity contribution in [2.45, 2.75) is 49.8 Å². The molecule has 1 fully saturated rings. The topological polar surface area (TPSA) is 46.2 Å². The van der Waals surface area contributed by atoms with Gasteiger partial charge in [-0.25, -0.2) is 8.42 Å². The Morgan fingerprint density at radius 1 is 1.15 bits per heavy atom. The number of rotatable bonds is 5. The predicted molar refractivity (Wildman–Crippen MR) is 83.7 cm³/mol. The Balaban J connectivity index is 1.77. The zero-order valence-corrected chi connectivity index (χ0v) is 13.2. The maximum Gasteiger partial charge on any atom is 0.150 e. The molecular formula is C16H25NO2S. The summed E-state index contributed by atoms with van der Waals surface area (Å²) in [4.78, 5) is 0. The Bertz CT molecular complexity index is 505. The second kappa shape index (κ2) is 6.72. The van der Waals surface area contributed by atoms with E-state index in [1.807, 2.05) is 6.07 Å². The van der Waals surface area contributed by atoms with Crippen LogP contribution in [0, 0.1) is 0 Å². The highest BCUT2D eigenvalue weighted by atomic mass is 32.2. The van der Waals surface area contributed by atoms with Crippen molar-refractivity contribution in [3.63, 3.8) is 0 Å². The average molecular weight is 295 g/mol. The second-order valence-corrected chi connectivity index (χ2v) is 8.35. The smallest absolute Gasteiger partial charge is 0.150 e. The summed E-state index contributed by atoms with van der Waals surface area (Å²) >= 11 is 0. The summed E-state index contributed by atoms with van der Waals surface area (Å²) in [7, 11) is -2.85. The molecule has 0 heterocycles. The maximum atomic E-state index is 11.5. The third-order valence-corrected chi connectivity index (χ3v) is 6.04. The maximum absolute atomic E-state index is 11.5. The number of hydrogen-bond acceptors (Lipinski definition) is 3. The van der Waals surface area contributed by atoms with Crippen LogP contribution in [0.2, 0.25) is 0 Å². The Labute approximate surface area is 122 Å². The number of nitrogens with one attached hydrogen (secondary N) is 1. The average Bonchev–Trinajstić information content (AvgIpc) is 2.45.